The number of fused-ring (bicyclic) bond motifs is 1. The highest BCUT2D eigenvalue weighted by Crippen LogP contribution is 2.29. The van der Waals surface area contributed by atoms with Crippen molar-refractivity contribution < 1.29 is 22.7 Å². The molecule has 150 valence electrons. The molecule has 0 aliphatic heterocycles. The summed E-state index contributed by atoms with van der Waals surface area (Å²) in [4.78, 5) is 12.0. The van der Waals surface area contributed by atoms with Gasteiger partial charge in [-0.25, -0.2) is 4.79 Å². The van der Waals surface area contributed by atoms with E-state index in [1.807, 2.05) is 49.4 Å². The fourth-order valence-corrected chi connectivity index (χ4v) is 3.05. The van der Waals surface area contributed by atoms with Crippen molar-refractivity contribution in [2.45, 2.75) is 19.1 Å². The van der Waals surface area contributed by atoms with E-state index < -0.39 is 17.8 Å². The van der Waals surface area contributed by atoms with Crippen LogP contribution in [0.5, 0.6) is 0 Å². The number of alkyl carbamates (subject to hydrolysis) is 1. The van der Waals surface area contributed by atoms with E-state index >= 15 is 0 Å². The van der Waals surface area contributed by atoms with Crippen LogP contribution in [-0.2, 0) is 10.9 Å². The van der Waals surface area contributed by atoms with Gasteiger partial charge in [-0.05, 0) is 47.0 Å². The third-order valence-electron chi connectivity index (χ3n) is 4.46. The first-order chi connectivity index (χ1) is 13.8. The lowest BCUT2D eigenvalue weighted by Gasteiger charge is -2.16. The quantitative estimate of drug-likeness (QED) is 0.542. The Labute approximate surface area is 166 Å². The molecule has 3 nitrogen and oxygen atoms in total. The number of amides is 1. The minimum atomic E-state index is -4.39. The molecule has 1 atom stereocenters. The van der Waals surface area contributed by atoms with E-state index in [1.54, 1.807) is 6.07 Å². The van der Waals surface area contributed by atoms with Crippen LogP contribution in [0.4, 0.5) is 18.0 Å². The van der Waals surface area contributed by atoms with Gasteiger partial charge in [0.15, 0.2) is 0 Å². The lowest BCUT2D eigenvalue weighted by molar-refractivity contribution is -0.137. The Balaban J connectivity index is 1.55. The van der Waals surface area contributed by atoms with Crippen molar-refractivity contribution in [1.29, 1.82) is 0 Å². The monoisotopic (exact) mass is 399 g/mol. The SMILES string of the molecule is CC(NC(=O)OCC=Cc1cccc(C(F)(F)F)c1)c1cccc2ccccc12. The molecule has 0 aromatic heterocycles. The standard InChI is InChI=1S/C23H20F3NO2/c1-16(20-13-5-10-18-9-2-3-12-21(18)20)27-22(28)29-14-6-8-17-7-4-11-19(15-17)23(24,25)26/h2-13,15-16H,14H2,1H3,(H,27,28). The number of benzene rings is 3. The van der Waals surface area contributed by atoms with Crippen LogP contribution in [0.3, 0.4) is 0 Å². The van der Waals surface area contributed by atoms with Gasteiger partial charge in [0.05, 0.1) is 11.6 Å². The van der Waals surface area contributed by atoms with Crippen LogP contribution < -0.4 is 5.32 Å². The van der Waals surface area contributed by atoms with E-state index in [-0.39, 0.29) is 12.6 Å². The molecule has 3 aromatic rings. The number of ether oxygens (including phenoxy) is 1. The van der Waals surface area contributed by atoms with E-state index in [1.165, 1.54) is 18.2 Å². The van der Waals surface area contributed by atoms with Gasteiger partial charge in [0.25, 0.3) is 0 Å². The van der Waals surface area contributed by atoms with Crippen molar-refractivity contribution in [2.24, 2.45) is 0 Å². The topological polar surface area (TPSA) is 38.3 Å². The number of nitrogens with one attached hydrogen (secondary N) is 1. The van der Waals surface area contributed by atoms with Gasteiger partial charge < -0.3 is 10.1 Å². The van der Waals surface area contributed by atoms with Crippen molar-refractivity contribution in [2.75, 3.05) is 6.61 Å². The molecule has 0 bridgehead atoms. The first-order valence-corrected chi connectivity index (χ1v) is 9.09. The Bertz CT molecular complexity index is 1020. The van der Waals surface area contributed by atoms with E-state index in [0.717, 1.165) is 28.5 Å². The third-order valence-corrected chi connectivity index (χ3v) is 4.46. The van der Waals surface area contributed by atoms with Crippen LogP contribution in [0.2, 0.25) is 0 Å². The van der Waals surface area contributed by atoms with Crippen molar-refractivity contribution in [3.8, 4) is 0 Å². The van der Waals surface area contributed by atoms with Gasteiger partial charge in [0.1, 0.15) is 6.61 Å². The number of hydrogen-bond acceptors (Lipinski definition) is 2. The van der Waals surface area contributed by atoms with Gasteiger partial charge in [0.2, 0.25) is 0 Å². The largest absolute Gasteiger partial charge is 0.445 e. The molecule has 3 aromatic carbocycles. The van der Waals surface area contributed by atoms with Gasteiger partial charge in [0, 0.05) is 0 Å². The molecule has 0 fully saturated rings. The summed E-state index contributed by atoms with van der Waals surface area (Å²) in [6.07, 6.45) is -2.01. The second-order valence-electron chi connectivity index (χ2n) is 6.56. The Morgan fingerprint density at radius 3 is 2.59 bits per heavy atom. The first-order valence-electron chi connectivity index (χ1n) is 9.09. The summed E-state index contributed by atoms with van der Waals surface area (Å²) in [7, 11) is 0. The summed E-state index contributed by atoms with van der Waals surface area (Å²) >= 11 is 0. The fourth-order valence-electron chi connectivity index (χ4n) is 3.05. The second kappa shape index (κ2) is 8.82. The summed E-state index contributed by atoms with van der Waals surface area (Å²) in [5.41, 5.74) is 0.634. The highest BCUT2D eigenvalue weighted by Gasteiger charge is 2.30. The maximum Gasteiger partial charge on any atom is 0.416 e. The fraction of sp³-hybridized carbons (Fsp3) is 0.174. The zero-order valence-electron chi connectivity index (χ0n) is 15.7. The maximum atomic E-state index is 12.7. The number of carbonyl (C=O) groups excluding carboxylic acids is 1. The average Bonchev–Trinajstić information content (AvgIpc) is 2.70. The van der Waals surface area contributed by atoms with Gasteiger partial charge >= 0.3 is 12.3 Å². The zero-order chi connectivity index (χ0) is 20.9. The third kappa shape index (κ3) is 5.38. The van der Waals surface area contributed by atoms with Crippen LogP contribution >= 0.6 is 0 Å². The number of carbonyl (C=O) groups is 1. The molecule has 1 N–H and O–H groups in total. The van der Waals surface area contributed by atoms with Crippen LogP contribution in [-0.4, -0.2) is 12.7 Å². The number of alkyl halides is 3. The molecule has 1 amide bonds. The average molecular weight is 399 g/mol. The maximum absolute atomic E-state index is 12.7. The molecule has 0 aliphatic carbocycles. The Hall–Kier alpha value is -3.28. The molecule has 6 heteroatoms. The number of rotatable bonds is 5. The van der Waals surface area contributed by atoms with Gasteiger partial charge in [-0.15, -0.1) is 0 Å². The second-order valence-corrected chi connectivity index (χ2v) is 6.56. The minimum absolute atomic E-state index is 0.0513. The van der Waals surface area contributed by atoms with Crippen LogP contribution in [0.1, 0.15) is 29.7 Å². The molecular formula is C23H20F3NO2. The highest BCUT2D eigenvalue weighted by molar-refractivity contribution is 5.86. The van der Waals surface area contributed by atoms with E-state index in [0.29, 0.717) is 5.56 Å². The Morgan fingerprint density at radius 2 is 1.79 bits per heavy atom. The Morgan fingerprint density at radius 1 is 1.07 bits per heavy atom. The molecule has 3 rings (SSSR count). The summed E-state index contributed by atoms with van der Waals surface area (Å²) in [6, 6.07) is 18.4. The lowest BCUT2D eigenvalue weighted by Crippen LogP contribution is -2.27. The van der Waals surface area contributed by atoms with E-state index in [2.05, 4.69) is 5.32 Å². The molecular weight excluding hydrogens is 379 g/mol. The molecule has 1 unspecified atom stereocenters. The molecule has 0 radical (unpaired) electrons. The summed E-state index contributed by atoms with van der Waals surface area (Å²) in [5, 5.41) is 4.90. The van der Waals surface area contributed by atoms with Crippen molar-refractivity contribution in [3.63, 3.8) is 0 Å². The first kappa shape index (κ1) is 20.5. The molecule has 0 heterocycles. The van der Waals surface area contributed by atoms with Crippen LogP contribution in [0.15, 0.2) is 72.8 Å². The lowest BCUT2D eigenvalue weighted by atomic mass is 10.00. The molecule has 0 spiro atoms. The highest BCUT2D eigenvalue weighted by atomic mass is 19.4. The van der Waals surface area contributed by atoms with Crippen molar-refractivity contribution >= 4 is 22.9 Å². The molecule has 0 saturated carbocycles. The number of hydrogen-bond donors (Lipinski definition) is 1. The zero-order valence-corrected chi connectivity index (χ0v) is 15.7. The minimum Gasteiger partial charge on any atom is -0.445 e. The number of halogens is 3. The Kier molecular flexibility index (Phi) is 6.22. The van der Waals surface area contributed by atoms with Crippen molar-refractivity contribution in [3.05, 3.63) is 89.5 Å². The van der Waals surface area contributed by atoms with Gasteiger partial charge in [-0.1, -0.05) is 60.7 Å². The van der Waals surface area contributed by atoms with Crippen molar-refractivity contribution in [1.82, 2.24) is 5.32 Å². The van der Waals surface area contributed by atoms with E-state index in [9.17, 15) is 18.0 Å². The summed E-state index contributed by atoms with van der Waals surface area (Å²) in [5.74, 6) is 0. The summed E-state index contributed by atoms with van der Waals surface area (Å²) in [6.45, 7) is 1.81. The molecule has 0 aliphatic rings. The van der Waals surface area contributed by atoms with Crippen LogP contribution in [0, 0.1) is 0 Å². The van der Waals surface area contributed by atoms with Gasteiger partial charge in [-0.2, -0.15) is 13.2 Å². The molecule has 0 saturated heterocycles. The van der Waals surface area contributed by atoms with Gasteiger partial charge in [-0.3, -0.25) is 0 Å². The summed E-state index contributed by atoms with van der Waals surface area (Å²) < 4.78 is 43.3. The smallest absolute Gasteiger partial charge is 0.416 e. The van der Waals surface area contributed by atoms with Crippen LogP contribution in [0.25, 0.3) is 16.8 Å². The predicted molar refractivity (Wildman–Crippen MR) is 107 cm³/mol. The predicted octanol–water partition coefficient (Wildman–Crippen LogP) is 6.36. The molecule has 29 heavy (non-hydrogen) atoms. The normalized spacial score (nSPS) is 12.8. The van der Waals surface area contributed by atoms with E-state index in [4.69, 9.17) is 4.74 Å².